The van der Waals surface area contributed by atoms with E-state index >= 15 is 0 Å². The van der Waals surface area contributed by atoms with E-state index in [9.17, 15) is 0 Å². The lowest BCUT2D eigenvalue weighted by atomic mass is 10.1. The fourth-order valence-electron chi connectivity index (χ4n) is 2.61. The first-order valence-electron chi connectivity index (χ1n) is 7.14. The molecular weight excluding hydrogens is 300 g/mol. The molecule has 0 saturated heterocycles. The summed E-state index contributed by atoms with van der Waals surface area (Å²) in [5, 5.41) is 2.67. The Bertz CT molecular complexity index is 858. The number of oxazole rings is 1. The van der Waals surface area contributed by atoms with Crippen LogP contribution < -0.4 is 16.0 Å². The second-order valence-electron chi connectivity index (χ2n) is 5.54. The fourth-order valence-corrected chi connectivity index (χ4v) is 2.81. The third-order valence-electron chi connectivity index (χ3n) is 3.70. The third-order valence-corrected chi connectivity index (χ3v) is 4.01. The summed E-state index contributed by atoms with van der Waals surface area (Å²) in [6.07, 6.45) is 0. The summed E-state index contributed by atoms with van der Waals surface area (Å²) >= 11 is 6.15. The number of rotatable bonds is 2. The van der Waals surface area contributed by atoms with Crippen molar-refractivity contribution < 1.29 is 4.42 Å². The van der Waals surface area contributed by atoms with Crippen molar-refractivity contribution in [3.8, 4) is 11.5 Å². The number of nitrogens with zero attached hydrogens (tertiary/aromatic N) is 2. The molecule has 6 heteroatoms. The largest absolute Gasteiger partial charge is 0.436 e. The zero-order valence-electron chi connectivity index (χ0n) is 12.2. The van der Waals surface area contributed by atoms with Crippen LogP contribution in [-0.2, 0) is 0 Å². The van der Waals surface area contributed by atoms with Gasteiger partial charge in [-0.1, -0.05) is 17.7 Å². The number of halogens is 1. The Balaban J connectivity index is 1.78. The predicted octanol–water partition coefficient (Wildman–Crippen LogP) is 4.21. The van der Waals surface area contributed by atoms with Gasteiger partial charge >= 0.3 is 0 Å². The maximum atomic E-state index is 6.15. The van der Waals surface area contributed by atoms with E-state index in [1.165, 1.54) is 0 Å². The first-order valence-corrected chi connectivity index (χ1v) is 7.51. The number of hydrogen-bond acceptors (Lipinski definition) is 5. The quantitative estimate of drug-likeness (QED) is 0.742. The maximum absolute atomic E-state index is 6.15. The first-order chi connectivity index (χ1) is 10.6. The van der Waals surface area contributed by atoms with E-state index in [2.05, 4.69) is 34.8 Å². The zero-order chi connectivity index (χ0) is 15.3. The molecule has 2 aromatic carbocycles. The standard InChI is InChI=1S/C16H15ClN4O/c1-9(2)21-13-7-6-10(8-12(13)19-20-21)16-18-15-11(17)4-3-5-14(15)22-16/h3-9,19-20H,1-2H3. The van der Waals surface area contributed by atoms with Crippen LogP contribution in [0.4, 0.5) is 11.4 Å². The highest BCUT2D eigenvalue weighted by Gasteiger charge is 2.22. The van der Waals surface area contributed by atoms with Crippen LogP contribution >= 0.6 is 11.6 Å². The summed E-state index contributed by atoms with van der Waals surface area (Å²) in [5.74, 6) is 0.565. The number of nitrogens with one attached hydrogen (secondary N) is 2. The molecule has 0 amide bonds. The molecule has 0 fully saturated rings. The Morgan fingerprint density at radius 3 is 2.86 bits per heavy atom. The van der Waals surface area contributed by atoms with E-state index in [0.717, 1.165) is 16.9 Å². The van der Waals surface area contributed by atoms with E-state index in [0.29, 0.717) is 28.1 Å². The number of anilines is 2. The van der Waals surface area contributed by atoms with Gasteiger partial charge in [0.15, 0.2) is 5.58 Å². The van der Waals surface area contributed by atoms with E-state index < -0.39 is 0 Å². The van der Waals surface area contributed by atoms with E-state index in [4.69, 9.17) is 16.0 Å². The molecular formula is C16H15ClN4O. The van der Waals surface area contributed by atoms with Gasteiger partial charge in [-0.05, 0) is 44.2 Å². The molecule has 0 atom stereocenters. The summed E-state index contributed by atoms with van der Waals surface area (Å²) in [6.45, 7) is 4.25. The topological polar surface area (TPSA) is 53.3 Å². The summed E-state index contributed by atoms with van der Waals surface area (Å²) in [7, 11) is 0. The summed E-state index contributed by atoms with van der Waals surface area (Å²) in [6, 6.07) is 12.0. The van der Waals surface area contributed by atoms with Crippen LogP contribution in [0, 0.1) is 0 Å². The highest BCUT2D eigenvalue weighted by Crippen LogP contribution is 2.35. The number of para-hydroxylation sites is 1. The number of fused-ring (bicyclic) bond motifs is 2. The molecule has 0 bridgehead atoms. The van der Waals surface area contributed by atoms with Crippen molar-refractivity contribution in [2.24, 2.45) is 0 Å². The van der Waals surface area contributed by atoms with E-state index in [-0.39, 0.29) is 0 Å². The predicted molar refractivity (Wildman–Crippen MR) is 88.8 cm³/mol. The van der Waals surface area contributed by atoms with Crippen LogP contribution in [0.15, 0.2) is 40.8 Å². The van der Waals surface area contributed by atoms with Crippen molar-refractivity contribution in [3.05, 3.63) is 41.4 Å². The Kier molecular flexibility index (Phi) is 2.99. The van der Waals surface area contributed by atoms with Crippen molar-refractivity contribution in [3.63, 3.8) is 0 Å². The molecule has 3 aromatic rings. The second-order valence-corrected chi connectivity index (χ2v) is 5.95. The van der Waals surface area contributed by atoms with Gasteiger partial charge in [0.25, 0.3) is 0 Å². The van der Waals surface area contributed by atoms with Crippen molar-refractivity contribution in [1.29, 1.82) is 0 Å². The Morgan fingerprint density at radius 2 is 2.09 bits per heavy atom. The molecule has 0 radical (unpaired) electrons. The second kappa shape index (κ2) is 4.90. The normalized spacial score (nSPS) is 13.7. The highest BCUT2D eigenvalue weighted by atomic mass is 35.5. The van der Waals surface area contributed by atoms with Gasteiger partial charge in [-0.2, -0.15) is 0 Å². The van der Waals surface area contributed by atoms with Gasteiger partial charge in [0.1, 0.15) is 5.52 Å². The lowest BCUT2D eigenvalue weighted by Gasteiger charge is -2.21. The van der Waals surface area contributed by atoms with Gasteiger partial charge in [-0.15, -0.1) is 5.53 Å². The minimum absolute atomic E-state index is 0.350. The smallest absolute Gasteiger partial charge is 0.227 e. The lowest BCUT2D eigenvalue weighted by molar-refractivity contribution is 0.620. The fraction of sp³-hybridized carbons (Fsp3) is 0.188. The number of benzene rings is 2. The number of hydrazine groups is 2. The average Bonchev–Trinajstić information content (AvgIpc) is 3.11. The van der Waals surface area contributed by atoms with Gasteiger partial charge in [-0.25, -0.2) is 4.98 Å². The van der Waals surface area contributed by atoms with Gasteiger partial charge in [0, 0.05) is 11.6 Å². The van der Waals surface area contributed by atoms with Crippen molar-refractivity contribution in [2.75, 3.05) is 10.4 Å². The molecule has 0 saturated carbocycles. The van der Waals surface area contributed by atoms with Crippen molar-refractivity contribution in [2.45, 2.75) is 19.9 Å². The van der Waals surface area contributed by atoms with Crippen LogP contribution in [0.1, 0.15) is 13.8 Å². The van der Waals surface area contributed by atoms with E-state index in [1.54, 1.807) is 0 Å². The third kappa shape index (κ3) is 2.01. The maximum Gasteiger partial charge on any atom is 0.227 e. The van der Waals surface area contributed by atoms with Crippen LogP contribution in [0.3, 0.4) is 0 Å². The van der Waals surface area contributed by atoms with E-state index in [1.807, 2.05) is 36.4 Å². The minimum atomic E-state index is 0.350. The number of hydrogen-bond donors (Lipinski definition) is 2. The molecule has 1 aliphatic heterocycles. The summed E-state index contributed by atoms with van der Waals surface area (Å²) < 4.78 is 5.81. The summed E-state index contributed by atoms with van der Waals surface area (Å²) in [5.41, 5.74) is 10.7. The molecule has 0 unspecified atom stereocenters. The van der Waals surface area contributed by atoms with Gasteiger partial charge in [-0.3, -0.25) is 5.01 Å². The van der Waals surface area contributed by atoms with Crippen LogP contribution in [-0.4, -0.2) is 11.0 Å². The minimum Gasteiger partial charge on any atom is -0.436 e. The molecule has 22 heavy (non-hydrogen) atoms. The molecule has 5 nitrogen and oxygen atoms in total. The Morgan fingerprint density at radius 1 is 1.23 bits per heavy atom. The highest BCUT2D eigenvalue weighted by molar-refractivity contribution is 6.34. The van der Waals surface area contributed by atoms with Gasteiger partial charge < -0.3 is 9.84 Å². The molecule has 0 spiro atoms. The van der Waals surface area contributed by atoms with Crippen LogP contribution in [0.5, 0.6) is 0 Å². The molecule has 4 rings (SSSR count). The first kappa shape index (κ1) is 13.4. The summed E-state index contributed by atoms with van der Waals surface area (Å²) in [4.78, 5) is 4.50. The SMILES string of the molecule is CC(C)N1NNc2cc(-c3nc4c(Cl)cccc4o3)ccc21. The molecule has 2 heterocycles. The molecule has 2 N–H and O–H groups in total. The Hall–Kier alpha value is -2.24. The van der Waals surface area contributed by atoms with Gasteiger partial charge in [0.2, 0.25) is 5.89 Å². The molecule has 0 aliphatic carbocycles. The Labute approximate surface area is 132 Å². The lowest BCUT2D eigenvalue weighted by Crippen LogP contribution is -2.41. The molecule has 1 aliphatic rings. The zero-order valence-corrected chi connectivity index (χ0v) is 13.0. The van der Waals surface area contributed by atoms with Crippen molar-refractivity contribution >= 4 is 34.1 Å². The van der Waals surface area contributed by atoms with Crippen molar-refractivity contribution in [1.82, 2.24) is 10.5 Å². The van der Waals surface area contributed by atoms with Crippen LogP contribution in [0.2, 0.25) is 5.02 Å². The average molecular weight is 315 g/mol. The van der Waals surface area contributed by atoms with Crippen LogP contribution in [0.25, 0.3) is 22.6 Å². The monoisotopic (exact) mass is 314 g/mol. The number of aromatic nitrogens is 1. The molecule has 112 valence electrons. The van der Waals surface area contributed by atoms with Gasteiger partial charge in [0.05, 0.1) is 16.4 Å². The molecule has 1 aromatic heterocycles.